The van der Waals surface area contributed by atoms with Gasteiger partial charge >= 0.3 is 6.01 Å². The van der Waals surface area contributed by atoms with Crippen molar-refractivity contribution in [1.29, 1.82) is 0 Å². The van der Waals surface area contributed by atoms with Crippen LogP contribution < -0.4 is 10.1 Å². The lowest BCUT2D eigenvalue weighted by Gasteiger charge is -2.09. The van der Waals surface area contributed by atoms with Crippen molar-refractivity contribution >= 4 is 0 Å². The Hall–Kier alpha value is -1.94. The van der Waals surface area contributed by atoms with E-state index in [0.717, 1.165) is 30.0 Å². The van der Waals surface area contributed by atoms with Gasteiger partial charge in [-0.3, -0.25) is 0 Å². The highest BCUT2D eigenvalue weighted by Crippen LogP contribution is 2.21. The van der Waals surface area contributed by atoms with E-state index in [1.165, 1.54) is 18.4 Å². The lowest BCUT2D eigenvalue weighted by Crippen LogP contribution is -2.16. The van der Waals surface area contributed by atoms with Crippen LogP contribution >= 0.6 is 0 Å². The Morgan fingerprint density at radius 1 is 1.24 bits per heavy atom. The van der Waals surface area contributed by atoms with Crippen LogP contribution in [0.3, 0.4) is 0 Å². The zero-order chi connectivity index (χ0) is 14.7. The average molecular weight is 283 g/mol. The monoisotopic (exact) mass is 283 g/mol. The molecule has 0 radical (unpaired) electrons. The summed E-state index contributed by atoms with van der Waals surface area (Å²) < 4.78 is 5.71. The molecular formula is C17H21N3O. The van der Waals surface area contributed by atoms with Crippen molar-refractivity contribution in [2.45, 2.75) is 45.7 Å². The molecule has 2 aromatic rings. The third-order valence-electron chi connectivity index (χ3n) is 3.76. The van der Waals surface area contributed by atoms with E-state index in [1.807, 2.05) is 25.3 Å². The lowest BCUT2D eigenvalue weighted by atomic mass is 10.2. The molecule has 21 heavy (non-hydrogen) atoms. The van der Waals surface area contributed by atoms with E-state index >= 15 is 0 Å². The Labute approximate surface area is 125 Å². The van der Waals surface area contributed by atoms with Gasteiger partial charge in [0.1, 0.15) is 5.75 Å². The summed E-state index contributed by atoms with van der Waals surface area (Å²) in [5.41, 5.74) is 3.40. The molecule has 4 heteroatoms. The number of ether oxygens (including phenoxy) is 1. The van der Waals surface area contributed by atoms with Crippen molar-refractivity contribution in [2.24, 2.45) is 0 Å². The molecule has 1 aliphatic carbocycles. The molecule has 0 saturated heterocycles. The molecule has 0 spiro atoms. The molecule has 1 aromatic carbocycles. The van der Waals surface area contributed by atoms with E-state index in [1.54, 1.807) is 0 Å². The summed E-state index contributed by atoms with van der Waals surface area (Å²) in [5.74, 6) is 0.774. The first-order valence-electron chi connectivity index (χ1n) is 7.57. The van der Waals surface area contributed by atoms with Crippen LogP contribution in [0.5, 0.6) is 11.8 Å². The summed E-state index contributed by atoms with van der Waals surface area (Å²) in [6.45, 7) is 4.97. The first-order valence-corrected chi connectivity index (χ1v) is 7.57. The van der Waals surface area contributed by atoms with Gasteiger partial charge in [0, 0.05) is 30.0 Å². The minimum Gasteiger partial charge on any atom is -0.424 e. The molecule has 1 aliphatic rings. The number of hydrogen-bond acceptors (Lipinski definition) is 4. The first kappa shape index (κ1) is 14.0. The largest absolute Gasteiger partial charge is 0.424 e. The fourth-order valence-electron chi connectivity index (χ4n) is 2.13. The van der Waals surface area contributed by atoms with Gasteiger partial charge in [0.05, 0.1) is 0 Å². The van der Waals surface area contributed by atoms with E-state index in [9.17, 15) is 0 Å². The van der Waals surface area contributed by atoms with Gasteiger partial charge in [-0.2, -0.15) is 4.98 Å². The molecule has 1 aromatic heterocycles. The lowest BCUT2D eigenvalue weighted by molar-refractivity contribution is 0.439. The predicted molar refractivity (Wildman–Crippen MR) is 82.5 cm³/mol. The number of nitrogens with one attached hydrogen (secondary N) is 1. The predicted octanol–water partition coefficient (Wildman–Crippen LogP) is 3.39. The summed E-state index contributed by atoms with van der Waals surface area (Å²) in [6, 6.07) is 9.15. The van der Waals surface area contributed by atoms with Gasteiger partial charge in [-0.25, -0.2) is 4.98 Å². The Kier molecular flexibility index (Phi) is 4.15. The standard InChI is InChI=1S/C17H21N3O/c1-3-13-4-8-16(9-5-13)21-17-19-11-14(12(2)20-17)10-18-15-6-7-15/h4-5,8-9,11,15,18H,3,6-7,10H2,1-2H3. The SMILES string of the molecule is CCc1ccc(Oc2ncc(CNC3CC3)c(C)n2)cc1. The zero-order valence-corrected chi connectivity index (χ0v) is 12.6. The summed E-state index contributed by atoms with van der Waals surface area (Å²) >= 11 is 0. The third-order valence-corrected chi connectivity index (χ3v) is 3.76. The van der Waals surface area contributed by atoms with E-state index in [-0.39, 0.29) is 0 Å². The smallest absolute Gasteiger partial charge is 0.322 e. The Bertz CT molecular complexity index is 606. The van der Waals surface area contributed by atoms with Crippen molar-refractivity contribution in [3.8, 4) is 11.8 Å². The third kappa shape index (κ3) is 3.79. The van der Waals surface area contributed by atoms with Crippen molar-refractivity contribution in [1.82, 2.24) is 15.3 Å². The highest BCUT2D eigenvalue weighted by Gasteiger charge is 2.20. The van der Waals surface area contributed by atoms with Crippen LogP contribution in [0, 0.1) is 6.92 Å². The summed E-state index contributed by atoms with van der Waals surface area (Å²) in [5, 5.41) is 3.47. The molecule has 4 nitrogen and oxygen atoms in total. The molecule has 0 unspecified atom stereocenters. The van der Waals surface area contributed by atoms with E-state index in [4.69, 9.17) is 4.74 Å². The van der Waals surface area contributed by atoms with E-state index < -0.39 is 0 Å². The van der Waals surface area contributed by atoms with Crippen molar-refractivity contribution in [3.05, 3.63) is 47.3 Å². The van der Waals surface area contributed by atoms with Crippen molar-refractivity contribution in [3.63, 3.8) is 0 Å². The number of aryl methyl sites for hydroxylation is 2. The maximum atomic E-state index is 5.71. The summed E-state index contributed by atoms with van der Waals surface area (Å²) in [7, 11) is 0. The minimum atomic E-state index is 0.409. The Balaban J connectivity index is 1.65. The molecule has 0 amide bonds. The average Bonchev–Trinajstić information content (AvgIpc) is 3.31. The van der Waals surface area contributed by atoms with Gasteiger partial charge in [-0.1, -0.05) is 19.1 Å². The number of aromatic nitrogens is 2. The maximum absolute atomic E-state index is 5.71. The molecule has 0 atom stereocenters. The van der Waals surface area contributed by atoms with Gasteiger partial charge in [-0.15, -0.1) is 0 Å². The molecule has 1 heterocycles. The van der Waals surface area contributed by atoms with Crippen LogP contribution in [-0.2, 0) is 13.0 Å². The number of rotatable bonds is 6. The second-order valence-electron chi connectivity index (χ2n) is 5.52. The number of nitrogens with zero attached hydrogens (tertiary/aromatic N) is 2. The molecule has 0 aliphatic heterocycles. The van der Waals surface area contributed by atoms with Crippen LogP contribution in [0.15, 0.2) is 30.5 Å². The molecule has 1 saturated carbocycles. The molecule has 1 N–H and O–H groups in total. The normalized spacial score (nSPS) is 14.2. The van der Waals surface area contributed by atoms with E-state index in [2.05, 4.69) is 34.3 Å². The number of benzene rings is 1. The van der Waals surface area contributed by atoms with E-state index in [0.29, 0.717) is 12.1 Å². The van der Waals surface area contributed by atoms with Gasteiger partial charge in [0.15, 0.2) is 0 Å². The fourth-order valence-corrected chi connectivity index (χ4v) is 2.13. The van der Waals surface area contributed by atoms with Gasteiger partial charge in [0.2, 0.25) is 0 Å². The molecule has 3 rings (SSSR count). The topological polar surface area (TPSA) is 47.0 Å². The fraction of sp³-hybridized carbons (Fsp3) is 0.412. The van der Waals surface area contributed by atoms with Gasteiger partial charge in [-0.05, 0) is 43.9 Å². The van der Waals surface area contributed by atoms with Gasteiger partial charge in [0.25, 0.3) is 0 Å². The second kappa shape index (κ2) is 6.22. The highest BCUT2D eigenvalue weighted by molar-refractivity contribution is 5.29. The minimum absolute atomic E-state index is 0.409. The second-order valence-corrected chi connectivity index (χ2v) is 5.52. The Morgan fingerprint density at radius 2 is 2.00 bits per heavy atom. The van der Waals surface area contributed by atoms with Crippen LogP contribution in [0.4, 0.5) is 0 Å². The molecular weight excluding hydrogens is 262 g/mol. The van der Waals surface area contributed by atoms with Crippen LogP contribution in [-0.4, -0.2) is 16.0 Å². The summed E-state index contributed by atoms with van der Waals surface area (Å²) in [4.78, 5) is 8.74. The first-order chi connectivity index (χ1) is 10.2. The molecule has 1 fully saturated rings. The molecule has 0 bridgehead atoms. The van der Waals surface area contributed by atoms with Crippen LogP contribution in [0.2, 0.25) is 0 Å². The van der Waals surface area contributed by atoms with Crippen molar-refractivity contribution in [2.75, 3.05) is 0 Å². The van der Waals surface area contributed by atoms with Crippen LogP contribution in [0.25, 0.3) is 0 Å². The molecule has 110 valence electrons. The van der Waals surface area contributed by atoms with Crippen LogP contribution in [0.1, 0.15) is 36.6 Å². The maximum Gasteiger partial charge on any atom is 0.322 e. The Morgan fingerprint density at radius 3 is 2.62 bits per heavy atom. The summed E-state index contributed by atoms with van der Waals surface area (Å²) in [6.07, 6.45) is 5.45. The van der Waals surface area contributed by atoms with Gasteiger partial charge < -0.3 is 10.1 Å². The van der Waals surface area contributed by atoms with Crippen molar-refractivity contribution < 1.29 is 4.74 Å². The zero-order valence-electron chi connectivity index (χ0n) is 12.6. The highest BCUT2D eigenvalue weighted by atomic mass is 16.5. The number of hydrogen-bond donors (Lipinski definition) is 1. The quantitative estimate of drug-likeness (QED) is 0.882.